The number of hydrogen-bond donors (Lipinski definition) is 3. The fourth-order valence-electron chi connectivity index (χ4n) is 9.19. The predicted molar refractivity (Wildman–Crippen MR) is 263 cm³/mol. The zero-order chi connectivity index (χ0) is 42.9. The number of aldehydes is 1. The van der Waals surface area contributed by atoms with Gasteiger partial charge in [-0.2, -0.15) is 0 Å². The number of aromatic nitrogens is 4. The Hall–Kier alpha value is -5.33. The Morgan fingerprint density at radius 2 is 0.839 bits per heavy atom. The summed E-state index contributed by atoms with van der Waals surface area (Å²) in [7, 11) is 0. The van der Waals surface area contributed by atoms with Gasteiger partial charge in [0.25, 0.3) is 0 Å². The van der Waals surface area contributed by atoms with Crippen LogP contribution < -0.4 is 0 Å². The number of unbranched alkanes of at least 4 members (excludes halogenated alkanes) is 16. The summed E-state index contributed by atoms with van der Waals surface area (Å²) in [4.78, 5) is 30.4. The number of nitrogens with zero attached hydrogens (tertiary/aromatic N) is 2. The fourth-order valence-corrected chi connectivity index (χ4v) is 9.19. The van der Waals surface area contributed by atoms with Crippen molar-refractivity contribution in [3.63, 3.8) is 0 Å². The Balaban J connectivity index is 1.36. The van der Waals surface area contributed by atoms with Gasteiger partial charge < -0.3 is 15.1 Å². The normalized spacial score (nSPS) is 12.1. The number of aliphatic hydroxyl groups is 1. The van der Waals surface area contributed by atoms with Crippen LogP contribution >= 0.6 is 0 Å². The van der Waals surface area contributed by atoms with Crippen molar-refractivity contribution in [2.24, 2.45) is 0 Å². The van der Waals surface area contributed by atoms with E-state index in [1.165, 1.54) is 114 Å². The summed E-state index contributed by atoms with van der Waals surface area (Å²) >= 11 is 0. The minimum absolute atomic E-state index is 0.000977. The van der Waals surface area contributed by atoms with Gasteiger partial charge in [0.15, 0.2) is 0 Å². The molecule has 7 rings (SSSR count). The smallest absolute Gasteiger partial charge is 0.150 e. The summed E-state index contributed by atoms with van der Waals surface area (Å²) in [5.74, 6) is 0. The molecule has 6 heteroatoms. The Morgan fingerprint density at radius 3 is 1.27 bits per heavy atom. The Labute approximate surface area is 370 Å². The van der Waals surface area contributed by atoms with Crippen molar-refractivity contribution in [3.05, 3.63) is 118 Å². The standard InChI is InChI=1S/C56H68N4O2/c1-3-5-7-9-11-13-15-17-19-21-45-47-31-35-51(57-47)55(43-27-23-41(39-61)24-28-43)53-37-33-49(59-53)46(22-20-18-16-14-12-10-8-6-4-2)50-34-38-54(60-50)56(52-36-32-48(45)58-52)44-29-25-42(40-62)26-30-44/h23-39,57,59,62H,3-22,40H2,1-2H3. The number of H-pyrrole nitrogens is 2. The monoisotopic (exact) mass is 829 g/mol. The summed E-state index contributed by atoms with van der Waals surface area (Å²) < 4.78 is 0. The molecule has 2 aromatic carbocycles. The van der Waals surface area contributed by atoms with Gasteiger partial charge in [0.1, 0.15) is 6.29 Å². The molecule has 0 spiro atoms. The molecule has 8 bridgehead atoms. The topological polar surface area (TPSA) is 94.7 Å². The maximum absolute atomic E-state index is 11.7. The fraction of sp³-hybridized carbons (Fsp3) is 0.411. The van der Waals surface area contributed by atoms with Gasteiger partial charge in [-0.05, 0) is 90.9 Å². The molecule has 3 N–H and O–H groups in total. The molecule has 0 atom stereocenters. The Morgan fingerprint density at radius 1 is 0.452 bits per heavy atom. The van der Waals surface area contributed by atoms with Crippen molar-refractivity contribution >= 4 is 52.7 Å². The average molecular weight is 829 g/mol. The number of aliphatic hydroxyl groups excluding tert-OH is 1. The van der Waals surface area contributed by atoms with Crippen LogP contribution in [0.3, 0.4) is 0 Å². The summed E-state index contributed by atoms with van der Waals surface area (Å²) in [5, 5.41) is 9.90. The van der Waals surface area contributed by atoms with Crippen molar-refractivity contribution in [2.45, 2.75) is 149 Å². The second-order valence-corrected chi connectivity index (χ2v) is 17.5. The van der Waals surface area contributed by atoms with Gasteiger partial charge in [-0.1, -0.05) is 165 Å². The molecule has 5 aromatic rings. The van der Waals surface area contributed by atoms with Crippen molar-refractivity contribution in [2.75, 3.05) is 0 Å². The molecule has 2 aliphatic rings. The molecule has 0 aliphatic carbocycles. The van der Waals surface area contributed by atoms with Crippen LogP contribution in [0, 0.1) is 0 Å². The first-order valence-corrected chi connectivity index (χ1v) is 24.0. The van der Waals surface area contributed by atoms with Gasteiger partial charge >= 0.3 is 0 Å². The number of nitrogens with one attached hydrogen (secondary N) is 2. The number of hydrogen-bond acceptors (Lipinski definition) is 4. The number of benzene rings is 2. The number of fused-ring (bicyclic) bond motifs is 8. The van der Waals surface area contributed by atoms with E-state index in [1.54, 1.807) is 0 Å². The molecule has 0 saturated heterocycles. The number of aromatic amines is 2. The van der Waals surface area contributed by atoms with Crippen LogP contribution in [0.5, 0.6) is 0 Å². The summed E-state index contributed by atoms with van der Waals surface area (Å²) in [6.07, 6.45) is 34.4. The molecule has 6 nitrogen and oxygen atoms in total. The Kier molecular flexibility index (Phi) is 16.7. The molecule has 62 heavy (non-hydrogen) atoms. The third-order valence-electron chi connectivity index (χ3n) is 12.8. The second kappa shape index (κ2) is 23.2. The average Bonchev–Trinajstić information content (AvgIpc) is 4.16. The van der Waals surface area contributed by atoms with Gasteiger partial charge in [-0.15, -0.1) is 0 Å². The van der Waals surface area contributed by atoms with Crippen LogP contribution in [-0.4, -0.2) is 31.3 Å². The second-order valence-electron chi connectivity index (χ2n) is 17.5. The summed E-state index contributed by atoms with van der Waals surface area (Å²) in [6.45, 7) is 4.56. The highest BCUT2D eigenvalue weighted by atomic mass is 16.3. The molecule has 0 saturated carbocycles. The van der Waals surface area contributed by atoms with Crippen molar-refractivity contribution in [3.8, 4) is 22.3 Å². The first kappa shape index (κ1) is 44.7. The van der Waals surface area contributed by atoms with E-state index in [0.717, 1.165) is 105 Å². The van der Waals surface area contributed by atoms with Gasteiger partial charge in [0.2, 0.25) is 0 Å². The van der Waals surface area contributed by atoms with Gasteiger partial charge in [0, 0.05) is 49.9 Å². The molecular weight excluding hydrogens is 761 g/mol. The van der Waals surface area contributed by atoms with E-state index in [4.69, 9.17) is 9.97 Å². The van der Waals surface area contributed by atoms with Crippen LogP contribution in [0.1, 0.15) is 179 Å². The van der Waals surface area contributed by atoms with Gasteiger partial charge in [0.05, 0.1) is 29.4 Å². The van der Waals surface area contributed by atoms with E-state index < -0.39 is 0 Å². The number of carbonyl (C=O) groups is 1. The zero-order valence-electron chi connectivity index (χ0n) is 37.4. The highest BCUT2D eigenvalue weighted by molar-refractivity contribution is 5.95. The van der Waals surface area contributed by atoms with Gasteiger partial charge in [-0.25, -0.2) is 9.97 Å². The Bertz CT molecular complexity index is 2330. The minimum Gasteiger partial charge on any atom is -0.392 e. The molecule has 3 aromatic heterocycles. The lowest BCUT2D eigenvalue weighted by molar-refractivity contribution is 0.112. The predicted octanol–water partition coefficient (Wildman–Crippen LogP) is 15.4. The van der Waals surface area contributed by atoms with Crippen LogP contribution in [0.4, 0.5) is 0 Å². The maximum atomic E-state index is 11.7. The van der Waals surface area contributed by atoms with E-state index in [2.05, 4.69) is 96.7 Å². The lowest BCUT2D eigenvalue weighted by Crippen LogP contribution is -1.95. The third-order valence-corrected chi connectivity index (χ3v) is 12.8. The van der Waals surface area contributed by atoms with Crippen molar-refractivity contribution in [1.82, 2.24) is 19.9 Å². The minimum atomic E-state index is 0.000977. The largest absolute Gasteiger partial charge is 0.392 e. The molecule has 0 fully saturated rings. The highest BCUT2D eigenvalue weighted by Crippen LogP contribution is 2.35. The van der Waals surface area contributed by atoms with E-state index in [9.17, 15) is 9.90 Å². The van der Waals surface area contributed by atoms with Crippen LogP contribution in [-0.2, 0) is 19.4 Å². The summed E-state index contributed by atoms with van der Waals surface area (Å²) in [5.41, 5.74) is 16.0. The van der Waals surface area contributed by atoms with Crippen LogP contribution in [0.2, 0.25) is 0 Å². The highest BCUT2D eigenvalue weighted by Gasteiger charge is 2.19. The number of rotatable bonds is 24. The molecule has 2 aliphatic heterocycles. The maximum Gasteiger partial charge on any atom is 0.150 e. The van der Waals surface area contributed by atoms with Gasteiger partial charge in [-0.3, -0.25) is 4.79 Å². The third kappa shape index (κ3) is 11.6. The van der Waals surface area contributed by atoms with E-state index in [0.29, 0.717) is 5.56 Å². The van der Waals surface area contributed by atoms with Crippen molar-refractivity contribution < 1.29 is 9.90 Å². The zero-order valence-corrected chi connectivity index (χ0v) is 37.4. The summed E-state index contributed by atoms with van der Waals surface area (Å²) in [6, 6.07) is 24.9. The van der Waals surface area contributed by atoms with Crippen LogP contribution in [0.15, 0.2) is 72.8 Å². The number of carbonyl (C=O) groups excluding carboxylic acids is 1. The van der Waals surface area contributed by atoms with E-state index in [1.807, 2.05) is 24.3 Å². The molecule has 0 radical (unpaired) electrons. The molecular formula is C56H68N4O2. The molecule has 324 valence electrons. The first-order valence-electron chi connectivity index (χ1n) is 24.0. The van der Waals surface area contributed by atoms with Crippen molar-refractivity contribution in [1.29, 1.82) is 0 Å². The molecule has 5 heterocycles. The number of aryl methyl sites for hydroxylation is 2. The SMILES string of the molecule is CCCCCCCCCCCc1c2nc(c(-c3ccc(CO)cc3)c3nc(c(CCCCCCCCCCC)c4ccc([nH]4)c(-c4ccc(C=O)cc4)c4ccc1[nH]4)C=C3)C=C2. The van der Waals surface area contributed by atoms with E-state index >= 15 is 0 Å². The quantitative estimate of drug-likeness (QED) is 0.0418. The molecule has 0 amide bonds. The van der Waals surface area contributed by atoms with E-state index in [-0.39, 0.29) is 6.61 Å². The lowest BCUT2D eigenvalue weighted by Gasteiger charge is -2.08. The first-order chi connectivity index (χ1) is 30.6. The van der Waals surface area contributed by atoms with Crippen LogP contribution in [0.25, 0.3) is 68.6 Å². The lowest BCUT2D eigenvalue weighted by atomic mass is 10.0. The molecule has 0 unspecified atom stereocenters.